The fourth-order valence-corrected chi connectivity index (χ4v) is 2.16. The fraction of sp³-hybridized carbons (Fsp3) is 0.0714. The van der Waals surface area contributed by atoms with Crippen molar-refractivity contribution in [2.45, 2.75) is 6.61 Å². The standard InChI is InChI=1S/C14H10BrClO3/c15-13-7-11(5-6-12(13)14(17)18)19-8-9-1-3-10(16)4-2-9/h1-7H,8H2,(H,17,18). The molecule has 0 aromatic heterocycles. The van der Waals surface area contributed by atoms with Crippen LogP contribution in [0, 0.1) is 0 Å². The van der Waals surface area contributed by atoms with E-state index in [1.165, 1.54) is 6.07 Å². The summed E-state index contributed by atoms with van der Waals surface area (Å²) in [5.74, 6) is -0.372. The molecule has 0 saturated heterocycles. The molecule has 19 heavy (non-hydrogen) atoms. The number of carboxylic acid groups (broad SMARTS) is 1. The zero-order valence-electron chi connectivity index (χ0n) is 9.77. The van der Waals surface area contributed by atoms with Crippen LogP contribution >= 0.6 is 27.5 Å². The maximum Gasteiger partial charge on any atom is 0.336 e. The Bertz CT molecular complexity index is 596. The number of hydrogen-bond acceptors (Lipinski definition) is 2. The molecule has 0 saturated carbocycles. The number of hydrogen-bond donors (Lipinski definition) is 1. The Hall–Kier alpha value is -1.52. The van der Waals surface area contributed by atoms with Gasteiger partial charge >= 0.3 is 5.97 Å². The lowest BCUT2D eigenvalue weighted by Crippen LogP contribution is -1.99. The van der Waals surface area contributed by atoms with E-state index >= 15 is 0 Å². The Balaban J connectivity index is 2.06. The summed E-state index contributed by atoms with van der Waals surface area (Å²) in [7, 11) is 0. The Morgan fingerprint density at radius 1 is 1.21 bits per heavy atom. The molecule has 1 N–H and O–H groups in total. The van der Waals surface area contributed by atoms with Crippen LogP contribution in [0.5, 0.6) is 5.75 Å². The third kappa shape index (κ3) is 3.72. The van der Waals surface area contributed by atoms with Gasteiger partial charge in [-0.2, -0.15) is 0 Å². The molecule has 3 nitrogen and oxygen atoms in total. The normalized spacial score (nSPS) is 10.2. The number of benzene rings is 2. The second-order valence-corrected chi connectivity index (χ2v) is 5.15. The van der Waals surface area contributed by atoms with Gasteiger partial charge in [0.1, 0.15) is 12.4 Å². The number of ether oxygens (including phenoxy) is 1. The zero-order chi connectivity index (χ0) is 13.8. The van der Waals surface area contributed by atoms with Gasteiger partial charge in [0, 0.05) is 9.50 Å². The molecule has 0 radical (unpaired) electrons. The molecular formula is C14H10BrClO3. The number of halogens is 2. The van der Waals surface area contributed by atoms with Gasteiger partial charge in [-0.15, -0.1) is 0 Å². The van der Waals surface area contributed by atoms with E-state index in [9.17, 15) is 4.79 Å². The smallest absolute Gasteiger partial charge is 0.336 e. The second kappa shape index (κ2) is 6.08. The van der Waals surface area contributed by atoms with E-state index in [2.05, 4.69) is 15.9 Å². The van der Waals surface area contributed by atoms with Crippen molar-refractivity contribution in [1.82, 2.24) is 0 Å². The average Bonchev–Trinajstić information content (AvgIpc) is 2.37. The van der Waals surface area contributed by atoms with Crippen molar-refractivity contribution in [2.24, 2.45) is 0 Å². The Labute approximate surface area is 123 Å². The Morgan fingerprint density at radius 2 is 1.89 bits per heavy atom. The van der Waals surface area contributed by atoms with Crippen LogP contribution in [0.15, 0.2) is 46.9 Å². The van der Waals surface area contributed by atoms with Gasteiger partial charge in [-0.1, -0.05) is 23.7 Å². The van der Waals surface area contributed by atoms with Gasteiger partial charge in [0.25, 0.3) is 0 Å². The van der Waals surface area contributed by atoms with Crippen molar-refractivity contribution in [3.05, 3.63) is 63.1 Å². The summed E-state index contributed by atoms with van der Waals surface area (Å²) in [5.41, 5.74) is 1.20. The minimum atomic E-state index is -0.976. The fourth-order valence-electron chi connectivity index (χ4n) is 1.51. The predicted molar refractivity (Wildman–Crippen MR) is 76.9 cm³/mol. The van der Waals surface area contributed by atoms with Gasteiger partial charge in [-0.25, -0.2) is 4.79 Å². The maximum absolute atomic E-state index is 10.9. The summed E-state index contributed by atoms with van der Waals surface area (Å²) < 4.78 is 6.08. The van der Waals surface area contributed by atoms with Crippen LogP contribution in [0.4, 0.5) is 0 Å². The minimum Gasteiger partial charge on any atom is -0.489 e. The van der Waals surface area contributed by atoms with E-state index in [1.54, 1.807) is 24.3 Å². The van der Waals surface area contributed by atoms with Crippen LogP contribution in [-0.2, 0) is 6.61 Å². The van der Waals surface area contributed by atoms with Crippen LogP contribution in [0.25, 0.3) is 0 Å². The molecule has 0 atom stereocenters. The van der Waals surface area contributed by atoms with E-state index in [-0.39, 0.29) is 5.56 Å². The van der Waals surface area contributed by atoms with Gasteiger partial charge in [0.2, 0.25) is 0 Å². The molecule has 0 unspecified atom stereocenters. The summed E-state index contributed by atoms with van der Waals surface area (Å²) >= 11 is 9.00. The first-order valence-corrected chi connectivity index (χ1v) is 6.63. The molecule has 98 valence electrons. The number of aromatic carboxylic acids is 1. The van der Waals surface area contributed by atoms with Crippen molar-refractivity contribution in [3.8, 4) is 5.75 Å². The topological polar surface area (TPSA) is 46.5 Å². The SMILES string of the molecule is O=C(O)c1ccc(OCc2ccc(Cl)cc2)cc1Br. The molecule has 0 amide bonds. The summed E-state index contributed by atoms with van der Waals surface area (Å²) in [6.45, 7) is 0.399. The van der Waals surface area contributed by atoms with Crippen molar-refractivity contribution in [3.63, 3.8) is 0 Å². The molecular weight excluding hydrogens is 332 g/mol. The van der Waals surface area contributed by atoms with Gasteiger partial charge < -0.3 is 9.84 Å². The highest BCUT2D eigenvalue weighted by atomic mass is 79.9. The molecule has 0 bridgehead atoms. The van der Waals surface area contributed by atoms with Gasteiger partial charge in [-0.3, -0.25) is 0 Å². The lowest BCUT2D eigenvalue weighted by atomic mass is 10.2. The maximum atomic E-state index is 10.9. The number of rotatable bonds is 4. The van der Waals surface area contributed by atoms with Gasteiger partial charge in [0.05, 0.1) is 5.56 Å². The summed E-state index contributed by atoms with van der Waals surface area (Å²) in [5, 5.41) is 9.59. The zero-order valence-corrected chi connectivity index (χ0v) is 12.1. The summed E-state index contributed by atoms with van der Waals surface area (Å²) in [6.07, 6.45) is 0. The first-order valence-electron chi connectivity index (χ1n) is 5.46. The van der Waals surface area contributed by atoms with E-state index in [4.69, 9.17) is 21.4 Å². The van der Waals surface area contributed by atoms with Crippen molar-refractivity contribution in [1.29, 1.82) is 0 Å². The predicted octanol–water partition coefficient (Wildman–Crippen LogP) is 4.38. The van der Waals surface area contributed by atoms with Crippen LogP contribution in [0.1, 0.15) is 15.9 Å². The highest BCUT2D eigenvalue weighted by Crippen LogP contribution is 2.24. The van der Waals surface area contributed by atoms with E-state index in [0.717, 1.165) is 5.56 Å². The molecule has 0 aliphatic heterocycles. The molecule has 0 aliphatic carbocycles. The highest BCUT2D eigenvalue weighted by molar-refractivity contribution is 9.10. The molecule has 2 rings (SSSR count). The molecule has 0 aliphatic rings. The van der Waals surface area contributed by atoms with E-state index in [1.807, 2.05) is 12.1 Å². The lowest BCUT2D eigenvalue weighted by Gasteiger charge is -2.08. The molecule has 0 spiro atoms. The Morgan fingerprint density at radius 3 is 2.47 bits per heavy atom. The van der Waals surface area contributed by atoms with Crippen molar-refractivity contribution >= 4 is 33.5 Å². The minimum absolute atomic E-state index is 0.207. The van der Waals surface area contributed by atoms with E-state index in [0.29, 0.717) is 21.9 Å². The highest BCUT2D eigenvalue weighted by Gasteiger charge is 2.08. The third-order valence-electron chi connectivity index (χ3n) is 2.49. The largest absolute Gasteiger partial charge is 0.489 e. The van der Waals surface area contributed by atoms with Gasteiger partial charge in [0.15, 0.2) is 0 Å². The van der Waals surface area contributed by atoms with Crippen molar-refractivity contribution in [2.75, 3.05) is 0 Å². The van der Waals surface area contributed by atoms with Crippen LogP contribution < -0.4 is 4.74 Å². The summed E-state index contributed by atoms with van der Waals surface area (Å²) in [6, 6.07) is 12.1. The first-order chi connectivity index (χ1) is 9.06. The quantitative estimate of drug-likeness (QED) is 0.897. The third-order valence-corrected chi connectivity index (χ3v) is 3.40. The first kappa shape index (κ1) is 13.9. The average molecular weight is 342 g/mol. The number of carbonyl (C=O) groups is 1. The van der Waals surface area contributed by atoms with Crippen LogP contribution in [-0.4, -0.2) is 11.1 Å². The lowest BCUT2D eigenvalue weighted by molar-refractivity contribution is 0.0696. The van der Waals surface area contributed by atoms with Gasteiger partial charge in [-0.05, 0) is 51.8 Å². The molecule has 0 fully saturated rings. The molecule has 0 heterocycles. The second-order valence-electron chi connectivity index (χ2n) is 3.86. The van der Waals surface area contributed by atoms with Crippen LogP contribution in [0.3, 0.4) is 0 Å². The van der Waals surface area contributed by atoms with E-state index < -0.39 is 5.97 Å². The molecule has 5 heteroatoms. The Kier molecular flexibility index (Phi) is 4.45. The molecule has 2 aromatic rings. The molecule has 2 aromatic carbocycles. The van der Waals surface area contributed by atoms with Crippen LogP contribution in [0.2, 0.25) is 5.02 Å². The summed E-state index contributed by atoms with van der Waals surface area (Å²) in [4.78, 5) is 10.9. The number of carboxylic acids is 1. The van der Waals surface area contributed by atoms with Crippen molar-refractivity contribution < 1.29 is 14.6 Å². The monoisotopic (exact) mass is 340 g/mol.